The molecule has 2 rings (SSSR count). The molecule has 0 aromatic rings. The topological polar surface area (TPSA) is 21.3 Å². The molecule has 2 heteroatoms. The van der Waals surface area contributed by atoms with E-state index in [1.807, 2.05) is 0 Å². The smallest absolute Gasteiger partial charge is 0.0750 e. The molecule has 0 saturated heterocycles. The van der Waals surface area contributed by atoms with Gasteiger partial charge in [-0.25, -0.2) is 0 Å². The zero-order chi connectivity index (χ0) is 11.6. The van der Waals surface area contributed by atoms with E-state index >= 15 is 0 Å². The molecule has 92 valence electrons. The maximum atomic E-state index is 5.68. The second kappa shape index (κ2) is 4.89. The molecule has 0 aliphatic heterocycles. The number of hydrogen-bond acceptors (Lipinski definition) is 2. The highest BCUT2D eigenvalue weighted by Gasteiger charge is 2.35. The molecule has 3 unspecified atom stereocenters. The van der Waals surface area contributed by atoms with E-state index in [9.17, 15) is 0 Å². The summed E-state index contributed by atoms with van der Waals surface area (Å²) < 4.78 is 5.68. The van der Waals surface area contributed by atoms with Gasteiger partial charge in [0.15, 0.2) is 0 Å². The zero-order valence-corrected chi connectivity index (χ0v) is 10.8. The Balaban J connectivity index is 1.67. The highest BCUT2D eigenvalue weighted by atomic mass is 16.5. The zero-order valence-electron chi connectivity index (χ0n) is 10.8. The molecule has 2 aliphatic rings. The number of fused-ring (bicyclic) bond motifs is 2. The Morgan fingerprint density at radius 1 is 1.31 bits per heavy atom. The average molecular weight is 223 g/mol. The van der Waals surface area contributed by atoms with Crippen LogP contribution in [-0.4, -0.2) is 25.3 Å². The van der Waals surface area contributed by atoms with Crippen LogP contribution in [0.25, 0.3) is 0 Å². The van der Waals surface area contributed by atoms with Crippen molar-refractivity contribution in [3.05, 3.63) is 12.2 Å². The van der Waals surface area contributed by atoms with Crippen LogP contribution >= 0.6 is 0 Å². The number of nitrogens with one attached hydrogen (secondary N) is 1. The van der Waals surface area contributed by atoms with Crippen molar-refractivity contribution in [2.45, 2.75) is 39.2 Å². The lowest BCUT2D eigenvalue weighted by Gasteiger charge is -2.27. The molecule has 2 bridgehead atoms. The lowest BCUT2D eigenvalue weighted by molar-refractivity contribution is -0.00936. The molecule has 0 radical (unpaired) electrons. The van der Waals surface area contributed by atoms with E-state index in [1.54, 1.807) is 0 Å². The van der Waals surface area contributed by atoms with Crippen molar-refractivity contribution < 1.29 is 4.74 Å². The second-order valence-corrected chi connectivity index (χ2v) is 5.86. The van der Waals surface area contributed by atoms with E-state index in [0.717, 1.165) is 37.5 Å². The average Bonchev–Trinajstić information content (AvgIpc) is 2.78. The highest BCUT2D eigenvalue weighted by Crippen LogP contribution is 2.42. The van der Waals surface area contributed by atoms with E-state index in [-0.39, 0.29) is 5.60 Å². The Morgan fingerprint density at radius 2 is 2.12 bits per heavy atom. The van der Waals surface area contributed by atoms with Crippen LogP contribution in [0.1, 0.15) is 33.6 Å². The van der Waals surface area contributed by atoms with Crippen LogP contribution < -0.4 is 5.32 Å². The summed E-state index contributed by atoms with van der Waals surface area (Å²) >= 11 is 0. The summed E-state index contributed by atoms with van der Waals surface area (Å²) in [6.07, 6.45) is 7.63. The van der Waals surface area contributed by atoms with E-state index in [1.165, 1.54) is 12.8 Å². The molecule has 0 spiro atoms. The molecule has 1 fully saturated rings. The van der Waals surface area contributed by atoms with Gasteiger partial charge >= 0.3 is 0 Å². The van der Waals surface area contributed by atoms with Gasteiger partial charge in [-0.2, -0.15) is 0 Å². The summed E-state index contributed by atoms with van der Waals surface area (Å²) in [6, 6.07) is 0. The van der Waals surface area contributed by atoms with Crippen molar-refractivity contribution in [2.75, 3.05) is 19.7 Å². The van der Waals surface area contributed by atoms with Crippen LogP contribution in [0, 0.1) is 17.8 Å². The minimum atomic E-state index is -0.0256. The molecule has 1 saturated carbocycles. The lowest BCUT2D eigenvalue weighted by atomic mass is 9.93. The van der Waals surface area contributed by atoms with E-state index in [0.29, 0.717) is 0 Å². The predicted octanol–water partition coefficient (Wildman–Crippen LogP) is 2.60. The molecule has 2 nitrogen and oxygen atoms in total. The predicted molar refractivity (Wildman–Crippen MR) is 67.4 cm³/mol. The first kappa shape index (κ1) is 12.1. The molecule has 1 N–H and O–H groups in total. The summed E-state index contributed by atoms with van der Waals surface area (Å²) in [5.74, 6) is 2.61. The number of rotatable bonds is 6. The first-order valence-corrected chi connectivity index (χ1v) is 6.64. The minimum Gasteiger partial charge on any atom is -0.375 e. The fourth-order valence-corrected chi connectivity index (χ4v) is 3.13. The molecule has 16 heavy (non-hydrogen) atoms. The first-order chi connectivity index (χ1) is 7.61. The summed E-state index contributed by atoms with van der Waals surface area (Å²) in [7, 11) is 0. The van der Waals surface area contributed by atoms with Gasteiger partial charge < -0.3 is 10.1 Å². The molecular formula is C14H25NO. The SMILES string of the molecule is CCOC(C)(C)CNCC1CC2C=CC1C2. The van der Waals surface area contributed by atoms with Crippen LogP contribution in [0.3, 0.4) is 0 Å². The number of ether oxygens (including phenoxy) is 1. The van der Waals surface area contributed by atoms with E-state index in [4.69, 9.17) is 4.74 Å². The van der Waals surface area contributed by atoms with Gasteiger partial charge in [-0.1, -0.05) is 12.2 Å². The van der Waals surface area contributed by atoms with Gasteiger partial charge in [-0.05, 0) is 57.9 Å². The molecular weight excluding hydrogens is 198 g/mol. The van der Waals surface area contributed by atoms with Crippen LogP contribution in [-0.2, 0) is 4.74 Å². The van der Waals surface area contributed by atoms with Gasteiger partial charge in [0, 0.05) is 13.2 Å². The van der Waals surface area contributed by atoms with E-state index in [2.05, 4.69) is 38.2 Å². The van der Waals surface area contributed by atoms with Gasteiger partial charge in [0.05, 0.1) is 5.60 Å². The Morgan fingerprint density at radius 3 is 2.69 bits per heavy atom. The number of hydrogen-bond donors (Lipinski definition) is 1. The Hall–Kier alpha value is -0.340. The molecule has 0 heterocycles. The Labute approximate surface area is 99.4 Å². The monoisotopic (exact) mass is 223 g/mol. The fraction of sp³-hybridized carbons (Fsp3) is 0.857. The molecule has 0 aromatic heterocycles. The Kier molecular flexibility index (Phi) is 3.70. The van der Waals surface area contributed by atoms with Crippen LogP contribution in [0.15, 0.2) is 12.2 Å². The summed E-state index contributed by atoms with van der Waals surface area (Å²) in [6.45, 7) is 9.28. The van der Waals surface area contributed by atoms with Gasteiger partial charge in [0.2, 0.25) is 0 Å². The molecule has 0 aromatic carbocycles. The van der Waals surface area contributed by atoms with Crippen molar-refractivity contribution in [1.82, 2.24) is 5.32 Å². The quantitative estimate of drug-likeness (QED) is 0.699. The van der Waals surface area contributed by atoms with Gasteiger partial charge in [-0.15, -0.1) is 0 Å². The number of allylic oxidation sites excluding steroid dienone is 2. The summed E-state index contributed by atoms with van der Waals surface area (Å²) in [4.78, 5) is 0. The third-order valence-electron chi connectivity index (χ3n) is 3.91. The van der Waals surface area contributed by atoms with Crippen LogP contribution in [0.2, 0.25) is 0 Å². The van der Waals surface area contributed by atoms with Crippen molar-refractivity contribution in [3.8, 4) is 0 Å². The molecule has 2 aliphatic carbocycles. The molecule has 0 amide bonds. The third kappa shape index (κ3) is 2.86. The third-order valence-corrected chi connectivity index (χ3v) is 3.91. The van der Waals surface area contributed by atoms with Gasteiger partial charge in [0.1, 0.15) is 0 Å². The summed E-state index contributed by atoms with van der Waals surface area (Å²) in [5.41, 5.74) is -0.0256. The van der Waals surface area contributed by atoms with Gasteiger partial charge in [-0.3, -0.25) is 0 Å². The minimum absolute atomic E-state index is 0.0256. The van der Waals surface area contributed by atoms with Crippen molar-refractivity contribution >= 4 is 0 Å². The van der Waals surface area contributed by atoms with Crippen LogP contribution in [0.5, 0.6) is 0 Å². The maximum Gasteiger partial charge on any atom is 0.0750 e. The first-order valence-electron chi connectivity index (χ1n) is 6.64. The second-order valence-electron chi connectivity index (χ2n) is 5.86. The molecule has 3 atom stereocenters. The summed E-state index contributed by atoms with van der Waals surface area (Å²) in [5, 5.41) is 3.58. The standard InChI is InChI=1S/C14H25NO/c1-4-16-14(2,3)10-15-9-13-8-11-5-6-12(13)7-11/h5-6,11-13,15H,4,7-10H2,1-3H3. The van der Waals surface area contributed by atoms with Crippen molar-refractivity contribution in [2.24, 2.45) is 17.8 Å². The maximum absolute atomic E-state index is 5.68. The fourth-order valence-electron chi connectivity index (χ4n) is 3.13. The van der Waals surface area contributed by atoms with Crippen molar-refractivity contribution in [1.29, 1.82) is 0 Å². The largest absolute Gasteiger partial charge is 0.375 e. The normalized spacial score (nSPS) is 32.6. The van der Waals surface area contributed by atoms with Crippen molar-refractivity contribution in [3.63, 3.8) is 0 Å². The lowest BCUT2D eigenvalue weighted by Crippen LogP contribution is -2.40. The highest BCUT2D eigenvalue weighted by molar-refractivity contribution is 5.10. The van der Waals surface area contributed by atoms with Crippen LogP contribution in [0.4, 0.5) is 0 Å². The Bertz CT molecular complexity index is 259. The van der Waals surface area contributed by atoms with E-state index < -0.39 is 0 Å². The van der Waals surface area contributed by atoms with Gasteiger partial charge in [0.25, 0.3) is 0 Å².